The van der Waals surface area contributed by atoms with Crippen LogP contribution in [0, 0.1) is 6.92 Å². The van der Waals surface area contributed by atoms with Crippen molar-refractivity contribution < 1.29 is 4.52 Å². The number of aryl methyl sites for hydroxylation is 3. The van der Waals surface area contributed by atoms with E-state index in [1.165, 1.54) is 9.13 Å². The molecule has 4 rings (SSSR count). The highest BCUT2D eigenvalue weighted by molar-refractivity contribution is 6.28. The second-order valence-corrected chi connectivity index (χ2v) is 7.97. The van der Waals surface area contributed by atoms with Gasteiger partial charge in [0, 0.05) is 25.2 Å². The quantitative estimate of drug-likeness (QED) is 0.302. The summed E-state index contributed by atoms with van der Waals surface area (Å²) in [6.07, 6.45) is 3.56. The average molecular weight is 458 g/mol. The zero-order valence-corrected chi connectivity index (χ0v) is 18.7. The molecule has 0 aliphatic rings. The molecule has 0 saturated heterocycles. The van der Waals surface area contributed by atoms with Crippen molar-refractivity contribution in [1.82, 2.24) is 34.2 Å². The maximum Gasteiger partial charge on any atom is 0.332 e. The number of aromatic nitrogens is 7. The van der Waals surface area contributed by atoms with Gasteiger partial charge in [-0.15, -0.1) is 0 Å². The Hall–Kier alpha value is -3.27. The number of halogens is 1. The molecule has 11 heteroatoms. The van der Waals surface area contributed by atoms with Crippen LogP contribution >= 0.6 is 11.6 Å². The number of nitrogens with zero attached hydrogens (tertiary/aromatic N) is 6. The van der Waals surface area contributed by atoms with Crippen LogP contribution in [0.3, 0.4) is 0 Å². The number of rotatable bonds is 9. The minimum atomic E-state index is -0.412. The van der Waals surface area contributed by atoms with Gasteiger partial charge in [0.25, 0.3) is 11.4 Å². The van der Waals surface area contributed by atoms with Gasteiger partial charge in [0.15, 0.2) is 17.0 Å². The number of aromatic amines is 1. The summed E-state index contributed by atoms with van der Waals surface area (Å²) in [6, 6.07) is 5.60. The van der Waals surface area contributed by atoms with E-state index in [4.69, 9.17) is 16.1 Å². The highest BCUT2D eigenvalue weighted by Gasteiger charge is 2.17. The number of pyridine rings is 1. The standard InChI is InChI=1S/C21H24ClN7O3/c1-3-4-11-28-17-16(25-20(22)26-17)19(30)29(21(28)31)12-6-5-10-15-24-18(32-27-15)14-9-7-8-13(2)23-14/h7-9H,3-6,10-12H2,1-2H3,(H,25,26). The minimum Gasteiger partial charge on any atom is -0.332 e. The Morgan fingerprint density at radius 2 is 1.88 bits per heavy atom. The Labute approximate surface area is 188 Å². The van der Waals surface area contributed by atoms with Gasteiger partial charge in [-0.05, 0) is 49.9 Å². The van der Waals surface area contributed by atoms with Crippen molar-refractivity contribution in [1.29, 1.82) is 0 Å². The molecule has 4 heterocycles. The molecule has 0 bridgehead atoms. The van der Waals surface area contributed by atoms with Crippen molar-refractivity contribution >= 4 is 22.8 Å². The minimum absolute atomic E-state index is 0.0931. The maximum atomic E-state index is 13.0. The van der Waals surface area contributed by atoms with E-state index in [-0.39, 0.29) is 23.0 Å². The van der Waals surface area contributed by atoms with Gasteiger partial charge < -0.3 is 9.51 Å². The number of imidazole rings is 1. The van der Waals surface area contributed by atoms with E-state index in [0.29, 0.717) is 48.9 Å². The molecular weight excluding hydrogens is 434 g/mol. The van der Waals surface area contributed by atoms with E-state index in [1.807, 2.05) is 32.0 Å². The van der Waals surface area contributed by atoms with E-state index < -0.39 is 5.56 Å². The van der Waals surface area contributed by atoms with Gasteiger partial charge in [0.1, 0.15) is 5.69 Å². The molecule has 4 aromatic rings. The smallest absolute Gasteiger partial charge is 0.332 e. The summed E-state index contributed by atoms with van der Waals surface area (Å²) >= 11 is 5.96. The SMILES string of the molecule is CCCCn1c(=O)n(CCCCc2noc(-c3cccc(C)n3)n2)c(=O)c2[nH]c(Cl)nc21. The van der Waals surface area contributed by atoms with Gasteiger partial charge in [-0.2, -0.15) is 9.97 Å². The van der Waals surface area contributed by atoms with E-state index in [9.17, 15) is 9.59 Å². The molecule has 0 atom stereocenters. The Morgan fingerprint density at radius 1 is 1.06 bits per heavy atom. The second kappa shape index (κ2) is 9.47. The molecule has 0 radical (unpaired) electrons. The molecular formula is C21H24ClN7O3. The third-order valence-electron chi connectivity index (χ3n) is 5.18. The first-order valence-electron chi connectivity index (χ1n) is 10.6. The van der Waals surface area contributed by atoms with Crippen molar-refractivity contribution in [2.24, 2.45) is 0 Å². The van der Waals surface area contributed by atoms with Gasteiger partial charge >= 0.3 is 5.69 Å². The van der Waals surface area contributed by atoms with Crippen molar-refractivity contribution in [3.05, 3.63) is 55.8 Å². The monoisotopic (exact) mass is 457 g/mol. The lowest BCUT2D eigenvalue weighted by Gasteiger charge is -2.10. The normalized spacial score (nSPS) is 11.5. The van der Waals surface area contributed by atoms with Crippen LogP contribution in [0.1, 0.15) is 44.1 Å². The summed E-state index contributed by atoms with van der Waals surface area (Å²) in [4.78, 5) is 41.4. The Kier molecular flexibility index (Phi) is 6.50. The molecule has 0 saturated carbocycles. The lowest BCUT2D eigenvalue weighted by atomic mass is 10.2. The molecule has 0 aromatic carbocycles. The van der Waals surface area contributed by atoms with Crippen molar-refractivity contribution in [2.45, 2.75) is 59.0 Å². The number of fused-ring (bicyclic) bond motifs is 1. The topological polar surface area (TPSA) is 124 Å². The van der Waals surface area contributed by atoms with E-state index in [0.717, 1.165) is 18.5 Å². The van der Waals surface area contributed by atoms with Crippen LogP contribution < -0.4 is 11.2 Å². The van der Waals surface area contributed by atoms with Gasteiger partial charge in [0.05, 0.1) is 0 Å². The molecule has 10 nitrogen and oxygen atoms in total. The number of hydrogen-bond donors (Lipinski definition) is 1. The number of nitrogens with one attached hydrogen (secondary N) is 1. The number of H-pyrrole nitrogens is 1. The van der Waals surface area contributed by atoms with Crippen molar-refractivity contribution in [3.63, 3.8) is 0 Å². The predicted molar refractivity (Wildman–Crippen MR) is 120 cm³/mol. The van der Waals surface area contributed by atoms with Crippen molar-refractivity contribution in [3.8, 4) is 11.6 Å². The maximum absolute atomic E-state index is 13.0. The van der Waals surface area contributed by atoms with Crippen LogP contribution in [0.15, 0.2) is 32.3 Å². The summed E-state index contributed by atoms with van der Waals surface area (Å²) in [5.41, 5.74) is 1.27. The van der Waals surface area contributed by atoms with Gasteiger partial charge in [-0.3, -0.25) is 13.9 Å². The first-order valence-corrected chi connectivity index (χ1v) is 11.0. The largest absolute Gasteiger partial charge is 0.332 e. The third-order valence-corrected chi connectivity index (χ3v) is 5.35. The van der Waals surface area contributed by atoms with Gasteiger partial charge in [-0.1, -0.05) is 24.6 Å². The van der Waals surface area contributed by atoms with E-state index >= 15 is 0 Å². The van der Waals surface area contributed by atoms with E-state index in [2.05, 4.69) is 25.1 Å². The molecule has 4 aromatic heterocycles. The van der Waals surface area contributed by atoms with Crippen LogP contribution in [-0.4, -0.2) is 34.2 Å². The molecule has 0 unspecified atom stereocenters. The lowest BCUT2D eigenvalue weighted by molar-refractivity contribution is 0.419. The highest BCUT2D eigenvalue weighted by Crippen LogP contribution is 2.15. The number of unbranched alkanes of at least 4 members (excludes halogenated alkanes) is 2. The fourth-order valence-corrected chi connectivity index (χ4v) is 3.70. The molecule has 0 aliphatic heterocycles. The first kappa shape index (κ1) is 21.9. The van der Waals surface area contributed by atoms with Gasteiger partial charge in [0.2, 0.25) is 5.28 Å². The Balaban J connectivity index is 1.46. The molecule has 0 spiro atoms. The Bertz CT molecular complexity index is 1350. The summed E-state index contributed by atoms with van der Waals surface area (Å²) < 4.78 is 8.06. The summed E-state index contributed by atoms with van der Waals surface area (Å²) in [7, 11) is 0. The van der Waals surface area contributed by atoms with Crippen LogP contribution in [0.2, 0.25) is 5.28 Å². The molecule has 0 fully saturated rings. The van der Waals surface area contributed by atoms with Crippen LogP contribution in [0.5, 0.6) is 0 Å². The van der Waals surface area contributed by atoms with Gasteiger partial charge in [-0.25, -0.2) is 9.78 Å². The number of hydrogen-bond acceptors (Lipinski definition) is 7. The second-order valence-electron chi connectivity index (χ2n) is 7.61. The average Bonchev–Trinajstić information content (AvgIpc) is 3.40. The predicted octanol–water partition coefficient (Wildman–Crippen LogP) is 3.12. The van der Waals surface area contributed by atoms with Crippen LogP contribution in [-0.2, 0) is 19.5 Å². The Morgan fingerprint density at radius 3 is 2.66 bits per heavy atom. The molecule has 168 valence electrons. The summed E-state index contributed by atoms with van der Waals surface area (Å²) in [6.45, 7) is 4.69. The molecule has 1 N–H and O–H groups in total. The van der Waals surface area contributed by atoms with E-state index in [1.54, 1.807) is 0 Å². The van der Waals surface area contributed by atoms with Crippen LogP contribution in [0.4, 0.5) is 0 Å². The molecule has 0 aliphatic carbocycles. The molecule has 32 heavy (non-hydrogen) atoms. The zero-order chi connectivity index (χ0) is 22.7. The first-order chi connectivity index (χ1) is 15.5. The summed E-state index contributed by atoms with van der Waals surface area (Å²) in [5.74, 6) is 0.937. The third kappa shape index (κ3) is 4.50. The fourth-order valence-electron chi connectivity index (χ4n) is 3.53. The van der Waals surface area contributed by atoms with Crippen molar-refractivity contribution in [2.75, 3.05) is 0 Å². The highest BCUT2D eigenvalue weighted by atomic mass is 35.5. The lowest BCUT2D eigenvalue weighted by Crippen LogP contribution is -2.40. The fraction of sp³-hybridized carbons (Fsp3) is 0.429. The zero-order valence-electron chi connectivity index (χ0n) is 18.0. The molecule has 0 amide bonds. The van der Waals surface area contributed by atoms with Crippen LogP contribution in [0.25, 0.3) is 22.7 Å². The summed E-state index contributed by atoms with van der Waals surface area (Å²) in [5, 5.41) is 4.10.